The highest BCUT2D eigenvalue weighted by atomic mass is 16.5. The fraction of sp³-hybridized carbons (Fsp3) is 0.759. The number of hydrogen-bond acceptors (Lipinski definition) is 2. The Morgan fingerprint density at radius 2 is 1.90 bits per heavy atom. The van der Waals surface area contributed by atoms with Gasteiger partial charge in [0.15, 0.2) is 0 Å². The fourth-order valence-electron chi connectivity index (χ4n) is 7.70. The first-order chi connectivity index (χ1) is 14.6. The highest BCUT2D eigenvalue weighted by Gasteiger charge is 2.54. The van der Waals surface area contributed by atoms with Crippen LogP contribution in [0.15, 0.2) is 34.9 Å². The van der Waals surface area contributed by atoms with Gasteiger partial charge in [0.2, 0.25) is 0 Å². The van der Waals surface area contributed by atoms with Gasteiger partial charge in [0.1, 0.15) is 6.10 Å². The first-order valence-electron chi connectivity index (χ1n) is 12.9. The van der Waals surface area contributed by atoms with Crippen molar-refractivity contribution in [2.75, 3.05) is 0 Å². The SMILES string of the molecule is CC(=O)O[C@H]1CC[C@@]2(C)C(=CC=C3C2=CC[C@]2(C)[C@@H]([C@H](C)CCCC(C)C)CC[C@@H]32)C1. The smallest absolute Gasteiger partial charge is 0.302 e. The van der Waals surface area contributed by atoms with Crippen molar-refractivity contribution in [3.8, 4) is 0 Å². The van der Waals surface area contributed by atoms with E-state index in [0.717, 1.165) is 37.0 Å². The number of carbonyl (C=O) groups excluding carboxylic acids is 1. The minimum Gasteiger partial charge on any atom is -0.462 e. The van der Waals surface area contributed by atoms with Crippen molar-refractivity contribution >= 4 is 5.97 Å². The summed E-state index contributed by atoms with van der Waals surface area (Å²) in [6.07, 6.45) is 18.6. The lowest BCUT2D eigenvalue weighted by Crippen LogP contribution is -2.41. The minimum absolute atomic E-state index is 0.0591. The third kappa shape index (κ3) is 4.09. The lowest BCUT2D eigenvalue weighted by Gasteiger charge is -2.51. The zero-order valence-electron chi connectivity index (χ0n) is 20.8. The third-order valence-electron chi connectivity index (χ3n) is 9.48. The van der Waals surface area contributed by atoms with Crippen LogP contribution < -0.4 is 0 Å². The number of carbonyl (C=O) groups is 1. The van der Waals surface area contributed by atoms with Gasteiger partial charge in [-0.05, 0) is 72.3 Å². The van der Waals surface area contributed by atoms with Crippen LogP contribution in [0.2, 0.25) is 0 Å². The molecule has 0 bridgehead atoms. The maximum Gasteiger partial charge on any atom is 0.302 e. The predicted molar refractivity (Wildman–Crippen MR) is 129 cm³/mol. The maximum absolute atomic E-state index is 11.5. The third-order valence-corrected chi connectivity index (χ3v) is 9.48. The number of esters is 1. The van der Waals surface area contributed by atoms with Gasteiger partial charge in [-0.3, -0.25) is 4.79 Å². The van der Waals surface area contributed by atoms with Crippen LogP contribution in [0.5, 0.6) is 0 Å². The molecule has 0 aliphatic heterocycles. The molecule has 2 fully saturated rings. The second-order valence-electron chi connectivity index (χ2n) is 12.0. The highest BCUT2D eigenvalue weighted by molar-refractivity contribution is 5.66. The summed E-state index contributed by atoms with van der Waals surface area (Å²) in [5, 5.41) is 0. The average Bonchev–Trinajstić information content (AvgIpc) is 3.05. The van der Waals surface area contributed by atoms with Gasteiger partial charge in [0.05, 0.1) is 0 Å². The van der Waals surface area contributed by atoms with Crippen LogP contribution >= 0.6 is 0 Å². The van der Waals surface area contributed by atoms with E-state index in [0.29, 0.717) is 11.3 Å². The van der Waals surface area contributed by atoms with Crippen LogP contribution in [-0.2, 0) is 9.53 Å². The van der Waals surface area contributed by atoms with Crippen molar-refractivity contribution in [3.63, 3.8) is 0 Å². The van der Waals surface area contributed by atoms with E-state index in [2.05, 4.69) is 52.8 Å². The molecule has 0 unspecified atom stereocenters. The standard InChI is InChI=1S/C29H44O2/c1-19(2)8-7-9-20(3)25-12-13-26-24-11-10-22-18-23(31-21(4)30)14-16-28(22,5)27(24)15-17-29(25,26)6/h10-11,15,19-20,23,25-26H,7-9,12-14,16-18H2,1-6H3/t20-,23+,25-,26+,28+,29-/m1/s1. The summed E-state index contributed by atoms with van der Waals surface area (Å²) in [6.45, 7) is 13.8. The molecule has 0 spiro atoms. The summed E-state index contributed by atoms with van der Waals surface area (Å²) < 4.78 is 5.57. The van der Waals surface area contributed by atoms with E-state index in [9.17, 15) is 4.79 Å². The van der Waals surface area contributed by atoms with Gasteiger partial charge in [-0.1, -0.05) is 77.7 Å². The lowest BCUT2D eigenvalue weighted by atomic mass is 9.54. The first kappa shape index (κ1) is 22.9. The monoisotopic (exact) mass is 424 g/mol. The Hall–Kier alpha value is -1.31. The van der Waals surface area contributed by atoms with Crippen molar-refractivity contribution in [2.45, 2.75) is 105 Å². The Kier molecular flexibility index (Phi) is 6.32. The fourth-order valence-corrected chi connectivity index (χ4v) is 7.70. The average molecular weight is 425 g/mol. The molecule has 0 amide bonds. The van der Waals surface area contributed by atoms with Crippen LogP contribution in [0.3, 0.4) is 0 Å². The molecule has 0 saturated heterocycles. The second-order valence-corrected chi connectivity index (χ2v) is 12.0. The number of fused-ring (bicyclic) bond motifs is 5. The van der Waals surface area contributed by atoms with Crippen LogP contribution in [0, 0.1) is 34.5 Å². The van der Waals surface area contributed by atoms with Crippen molar-refractivity contribution in [1.29, 1.82) is 0 Å². The number of ether oxygens (including phenoxy) is 1. The molecule has 0 aromatic rings. The molecule has 2 nitrogen and oxygen atoms in total. The molecule has 0 aromatic carbocycles. The van der Waals surface area contributed by atoms with Crippen molar-refractivity contribution < 1.29 is 9.53 Å². The van der Waals surface area contributed by atoms with E-state index in [4.69, 9.17) is 4.74 Å². The van der Waals surface area contributed by atoms with E-state index in [1.165, 1.54) is 51.0 Å². The van der Waals surface area contributed by atoms with Gasteiger partial charge in [-0.15, -0.1) is 0 Å². The molecule has 2 saturated carbocycles. The number of allylic oxidation sites excluding steroid dienone is 5. The van der Waals surface area contributed by atoms with Gasteiger partial charge in [0, 0.05) is 18.8 Å². The summed E-state index contributed by atoms with van der Waals surface area (Å²) in [4.78, 5) is 11.5. The van der Waals surface area contributed by atoms with Crippen LogP contribution in [-0.4, -0.2) is 12.1 Å². The Morgan fingerprint density at radius 1 is 1.13 bits per heavy atom. The topological polar surface area (TPSA) is 26.3 Å². The molecule has 4 rings (SSSR count). The van der Waals surface area contributed by atoms with Gasteiger partial charge < -0.3 is 4.74 Å². The summed E-state index contributed by atoms with van der Waals surface area (Å²) in [6, 6.07) is 0. The Morgan fingerprint density at radius 3 is 2.61 bits per heavy atom. The molecule has 0 heterocycles. The largest absolute Gasteiger partial charge is 0.462 e. The van der Waals surface area contributed by atoms with Gasteiger partial charge >= 0.3 is 5.97 Å². The molecule has 0 aromatic heterocycles. The van der Waals surface area contributed by atoms with Gasteiger partial charge in [0.25, 0.3) is 0 Å². The normalized spacial score (nSPS) is 37.8. The Balaban J connectivity index is 1.54. The van der Waals surface area contributed by atoms with Crippen LogP contribution in [0.25, 0.3) is 0 Å². The quantitative estimate of drug-likeness (QED) is 0.407. The summed E-state index contributed by atoms with van der Waals surface area (Å²) in [5.74, 6) is 3.07. The predicted octanol–water partition coefficient (Wildman–Crippen LogP) is 7.80. The first-order valence-corrected chi connectivity index (χ1v) is 12.9. The zero-order chi connectivity index (χ0) is 22.4. The molecule has 4 aliphatic rings. The van der Waals surface area contributed by atoms with Crippen molar-refractivity contribution in [3.05, 3.63) is 34.9 Å². The van der Waals surface area contributed by atoms with Gasteiger partial charge in [-0.25, -0.2) is 0 Å². The molecule has 0 N–H and O–H groups in total. The Bertz CT molecular complexity index is 800. The molecule has 6 atom stereocenters. The van der Waals surface area contributed by atoms with E-state index in [1.54, 1.807) is 11.1 Å². The van der Waals surface area contributed by atoms with Crippen LogP contribution in [0.1, 0.15) is 99.3 Å². The molecule has 172 valence electrons. The molecule has 31 heavy (non-hydrogen) atoms. The molecular formula is C29H44O2. The summed E-state index contributed by atoms with van der Waals surface area (Å²) in [5.41, 5.74) is 5.29. The van der Waals surface area contributed by atoms with Crippen molar-refractivity contribution in [2.24, 2.45) is 34.5 Å². The molecular weight excluding hydrogens is 380 g/mol. The lowest BCUT2D eigenvalue weighted by molar-refractivity contribution is -0.147. The summed E-state index contributed by atoms with van der Waals surface area (Å²) >= 11 is 0. The van der Waals surface area contributed by atoms with Gasteiger partial charge in [-0.2, -0.15) is 0 Å². The molecule has 0 radical (unpaired) electrons. The number of hydrogen-bond donors (Lipinski definition) is 0. The minimum atomic E-state index is -0.145. The van der Waals surface area contributed by atoms with Crippen LogP contribution in [0.4, 0.5) is 0 Å². The molecule has 4 aliphatic carbocycles. The van der Waals surface area contributed by atoms with E-state index < -0.39 is 0 Å². The van der Waals surface area contributed by atoms with E-state index in [-0.39, 0.29) is 17.5 Å². The number of rotatable bonds is 6. The van der Waals surface area contributed by atoms with E-state index >= 15 is 0 Å². The van der Waals surface area contributed by atoms with E-state index in [1.807, 2.05) is 0 Å². The Labute approximate surface area is 190 Å². The molecule has 2 heteroatoms. The zero-order valence-corrected chi connectivity index (χ0v) is 20.8. The second kappa shape index (κ2) is 8.56. The maximum atomic E-state index is 11.5. The summed E-state index contributed by atoms with van der Waals surface area (Å²) in [7, 11) is 0. The highest BCUT2D eigenvalue weighted by Crippen LogP contribution is 2.64. The van der Waals surface area contributed by atoms with Crippen molar-refractivity contribution in [1.82, 2.24) is 0 Å².